The van der Waals surface area contributed by atoms with E-state index in [1.807, 2.05) is 0 Å². The minimum absolute atomic E-state index is 0.0762. The van der Waals surface area contributed by atoms with Gasteiger partial charge in [0, 0.05) is 31.5 Å². The van der Waals surface area contributed by atoms with Crippen LogP contribution in [0.4, 0.5) is 4.39 Å². The van der Waals surface area contributed by atoms with E-state index in [0.717, 1.165) is 0 Å². The Labute approximate surface area is 138 Å². The van der Waals surface area contributed by atoms with Crippen LogP contribution >= 0.6 is 11.6 Å². The summed E-state index contributed by atoms with van der Waals surface area (Å²) in [6.07, 6.45) is 0.653. The van der Waals surface area contributed by atoms with E-state index in [1.54, 1.807) is 19.1 Å². The zero-order chi connectivity index (χ0) is 16.8. The number of aryl methyl sites for hydroxylation is 1. The smallest absolute Gasteiger partial charge is 0.322 e. The topological polar surface area (TPSA) is 55.8 Å². The molecule has 2 heterocycles. The van der Waals surface area contributed by atoms with Crippen LogP contribution in [0.1, 0.15) is 29.9 Å². The molecule has 1 spiro atoms. The summed E-state index contributed by atoms with van der Waals surface area (Å²) in [5, 5.41) is 1.80. The standard InChI is InChI=1S/C16H17ClFNO4/c1-9-3-4-10(18)11(13(9)17)12-14(20)16(23-15(12)21)5-7-19(22-2)8-6-16/h3-4,12H,5-8H2,1-2H3. The lowest BCUT2D eigenvalue weighted by atomic mass is 9.81. The largest absolute Gasteiger partial charge is 0.450 e. The molecule has 124 valence electrons. The van der Waals surface area contributed by atoms with Crippen molar-refractivity contribution in [2.24, 2.45) is 0 Å². The maximum absolute atomic E-state index is 14.2. The van der Waals surface area contributed by atoms with E-state index in [0.29, 0.717) is 31.5 Å². The fourth-order valence-corrected chi connectivity index (χ4v) is 3.50. The molecule has 2 saturated heterocycles. The number of esters is 1. The predicted octanol–water partition coefficient (Wildman–Crippen LogP) is 2.39. The number of ether oxygens (including phenoxy) is 1. The third-order valence-electron chi connectivity index (χ3n) is 4.64. The Balaban J connectivity index is 1.96. The van der Waals surface area contributed by atoms with E-state index in [9.17, 15) is 14.0 Å². The summed E-state index contributed by atoms with van der Waals surface area (Å²) >= 11 is 6.15. The van der Waals surface area contributed by atoms with Gasteiger partial charge in [-0.25, -0.2) is 4.39 Å². The van der Waals surface area contributed by atoms with Crippen molar-refractivity contribution in [2.45, 2.75) is 31.3 Å². The number of carbonyl (C=O) groups is 2. The molecule has 0 aliphatic carbocycles. The number of nitrogens with zero attached hydrogens (tertiary/aromatic N) is 1. The van der Waals surface area contributed by atoms with Crippen molar-refractivity contribution in [1.82, 2.24) is 5.06 Å². The quantitative estimate of drug-likeness (QED) is 0.610. The van der Waals surface area contributed by atoms with Gasteiger partial charge in [-0.2, -0.15) is 5.06 Å². The van der Waals surface area contributed by atoms with Gasteiger partial charge >= 0.3 is 5.97 Å². The van der Waals surface area contributed by atoms with E-state index in [2.05, 4.69) is 0 Å². The maximum atomic E-state index is 14.2. The first-order valence-electron chi connectivity index (χ1n) is 7.40. The van der Waals surface area contributed by atoms with Crippen LogP contribution in [0, 0.1) is 12.7 Å². The highest BCUT2D eigenvalue weighted by molar-refractivity contribution is 6.33. The molecule has 0 amide bonds. The van der Waals surface area contributed by atoms with Gasteiger partial charge in [0.1, 0.15) is 11.7 Å². The van der Waals surface area contributed by atoms with Crippen LogP contribution in [0.25, 0.3) is 0 Å². The Morgan fingerprint density at radius 3 is 2.61 bits per heavy atom. The second-order valence-electron chi connectivity index (χ2n) is 5.92. The zero-order valence-corrected chi connectivity index (χ0v) is 13.7. The molecule has 3 rings (SSSR count). The summed E-state index contributed by atoms with van der Waals surface area (Å²) in [6, 6.07) is 2.73. The van der Waals surface area contributed by atoms with Crippen molar-refractivity contribution in [2.75, 3.05) is 20.2 Å². The highest BCUT2D eigenvalue weighted by Crippen LogP contribution is 2.43. The molecule has 0 aromatic heterocycles. The monoisotopic (exact) mass is 341 g/mol. The third kappa shape index (κ3) is 2.55. The number of rotatable bonds is 2. The van der Waals surface area contributed by atoms with Gasteiger partial charge in [-0.05, 0) is 18.6 Å². The van der Waals surface area contributed by atoms with Crippen molar-refractivity contribution in [3.63, 3.8) is 0 Å². The number of Topliss-reactive ketones (excluding diaryl/α,β-unsaturated/α-hetero) is 1. The van der Waals surface area contributed by atoms with E-state index in [1.165, 1.54) is 12.1 Å². The number of hydrogen-bond donors (Lipinski definition) is 0. The lowest BCUT2D eigenvalue weighted by molar-refractivity contribution is -0.184. The SMILES string of the molecule is CON1CCC2(CC1)OC(=O)C(c1c(F)ccc(C)c1Cl)C2=O. The summed E-state index contributed by atoms with van der Waals surface area (Å²) in [4.78, 5) is 30.3. The number of hydrogen-bond acceptors (Lipinski definition) is 5. The first-order chi connectivity index (χ1) is 10.9. The van der Waals surface area contributed by atoms with Crippen LogP contribution in [0.3, 0.4) is 0 Å². The first kappa shape index (κ1) is 16.4. The van der Waals surface area contributed by atoms with Crippen molar-refractivity contribution in [3.05, 3.63) is 34.1 Å². The highest BCUT2D eigenvalue weighted by Gasteiger charge is 2.57. The van der Waals surface area contributed by atoms with E-state index >= 15 is 0 Å². The number of ketones is 1. The molecule has 1 aromatic rings. The van der Waals surface area contributed by atoms with Gasteiger partial charge < -0.3 is 9.57 Å². The fraction of sp³-hybridized carbons (Fsp3) is 0.500. The van der Waals surface area contributed by atoms with Gasteiger partial charge in [0.05, 0.1) is 12.1 Å². The average molecular weight is 342 g/mol. The van der Waals surface area contributed by atoms with Crippen molar-refractivity contribution >= 4 is 23.4 Å². The molecule has 1 aromatic carbocycles. The van der Waals surface area contributed by atoms with Crippen molar-refractivity contribution in [1.29, 1.82) is 0 Å². The molecule has 2 fully saturated rings. The minimum Gasteiger partial charge on any atom is -0.450 e. The van der Waals surface area contributed by atoms with Gasteiger partial charge in [0.15, 0.2) is 11.4 Å². The average Bonchev–Trinajstić information content (AvgIpc) is 2.77. The van der Waals surface area contributed by atoms with Crippen LogP contribution in [0.5, 0.6) is 0 Å². The van der Waals surface area contributed by atoms with Crippen LogP contribution in [-0.4, -0.2) is 42.6 Å². The Kier molecular flexibility index (Phi) is 4.16. The molecule has 23 heavy (non-hydrogen) atoms. The molecule has 0 radical (unpaired) electrons. The van der Waals surface area contributed by atoms with Crippen LogP contribution < -0.4 is 0 Å². The lowest BCUT2D eigenvalue weighted by Crippen LogP contribution is -2.48. The summed E-state index contributed by atoms with van der Waals surface area (Å²) in [6.45, 7) is 2.63. The van der Waals surface area contributed by atoms with Gasteiger partial charge in [-0.3, -0.25) is 9.59 Å². The Hall–Kier alpha value is -1.50. The molecule has 1 atom stereocenters. The van der Waals surface area contributed by atoms with Crippen LogP contribution in [0.15, 0.2) is 12.1 Å². The maximum Gasteiger partial charge on any atom is 0.322 e. The van der Waals surface area contributed by atoms with Crippen LogP contribution in [-0.2, 0) is 19.2 Å². The molecule has 0 N–H and O–H groups in total. The van der Waals surface area contributed by atoms with Gasteiger partial charge in [0.2, 0.25) is 0 Å². The normalized spacial score (nSPS) is 24.3. The molecule has 1 unspecified atom stereocenters. The molecular formula is C16H17ClFNO4. The van der Waals surface area contributed by atoms with Gasteiger partial charge in [0.25, 0.3) is 0 Å². The number of hydroxylamine groups is 2. The van der Waals surface area contributed by atoms with E-state index in [4.69, 9.17) is 21.2 Å². The Morgan fingerprint density at radius 1 is 1.35 bits per heavy atom. The Bertz CT molecular complexity index is 670. The van der Waals surface area contributed by atoms with Crippen molar-refractivity contribution < 1.29 is 23.6 Å². The number of piperidine rings is 1. The summed E-state index contributed by atoms with van der Waals surface area (Å²) in [5.41, 5.74) is -0.664. The molecule has 2 aliphatic rings. The molecular weight excluding hydrogens is 325 g/mol. The summed E-state index contributed by atoms with van der Waals surface area (Å²) in [5.74, 6) is -3.10. The van der Waals surface area contributed by atoms with E-state index in [-0.39, 0.29) is 10.6 Å². The lowest BCUT2D eigenvalue weighted by Gasteiger charge is -2.35. The van der Waals surface area contributed by atoms with Crippen LogP contribution in [0.2, 0.25) is 5.02 Å². The minimum atomic E-state index is -1.29. The fourth-order valence-electron chi connectivity index (χ4n) is 3.24. The number of carbonyl (C=O) groups excluding carboxylic acids is 2. The summed E-state index contributed by atoms with van der Waals surface area (Å²) in [7, 11) is 1.55. The molecule has 2 aliphatic heterocycles. The van der Waals surface area contributed by atoms with Crippen molar-refractivity contribution in [3.8, 4) is 0 Å². The molecule has 0 saturated carbocycles. The van der Waals surface area contributed by atoms with Gasteiger partial charge in [-0.15, -0.1) is 0 Å². The second-order valence-corrected chi connectivity index (χ2v) is 6.29. The molecule has 0 bridgehead atoms. The van der Waals surface area contributed by atoms with Gasteiger partial charge in [-0.1, -0.05) is 17.7 Å². The molecule has 7 heteroatoms. The third-order valence-corrected chi connectivity index (χ3v) is 5.14. The highest BCUT2D eigenvalue weighted by atomic mass is 35.5. The zero-order valence-electron chi connectivity index (χ0n) is 12.9. The molecule has 5 nitrogen and oxygen atoms in total. The van der Waals surface area contributed by atoms with E-state index < -0.39 is 29.1 Å². The number of halogens is 2. The number of benzene rings is 1. The second kappa shape index (κ2) is 5.85. The Morgan fingerprint density at radius 2 is 2.00 bits per heavy atom. The summed E-state index contributed by atoms with van der Waals surface area (Å²) < 4.78 is 19.6. The first-order valence-corrected chi connectivity index (χ1v) is 7.78. The predicted molar refractivity (Wildman–Crippen MR) is 80.5 cm³/mol.